The van der Waals surface area contributed by atoms with Crippen LogP contribution in [0.3, 0.4) is 0 Å². The summed E-state index contributed by atoms with van der Waals surface area (Å²) in [5, 5.41) is 0. The van der Waals surface area contributed by atoms with Crippen LogP contribution in [0, 0.1) is 0 Å². The highest BCUT2D eigenvalue weighted by Gasteiger charge is 2.05. The van der Waals surface area contributed by atoms with E-state index in [-0.39, 0.29) is 0 Å². The van der Waals surface area contributed by atoms with Gasteiger partial charge in [-0.3, -0.25) is 4.79 Å². The number of rotatable bonds is 5. The SMILES string of the molecule is NCCCC[n+]1cccc(C(N)=O)c1. The van der Waals surface area contributed by atoms with E-state index in [4.69, 9.17) is 11.5 Å². The first-order valence-corrected chi connectivity index (χ1v) is 4.73. The van der Waals surface area contributed by atoms with E-state index >= 15 is 0 Å². The van der Waals surface area contributed by atoms with Crippen LogP contribution in [-0.4, -0.2) is 12.5 Å². The molecule has 0 aliphatic rings. The van der Waals surface area contributed by atoms with Gasteiger partial charge < -0.3 is 11.5 Å². The van der Waals surface area contributed by atoms with Crippen molar-refractivity contribution in [3.8, 4) is 0 Å². The van der Waals surface area contributed by atoms with Gasteiger partial charge in [0.25, 0.3) is 5.91 Å². The second-order valence-corrected chi connectivity index (χ2v) is 3.19. The lowest BCUT2D eigenvalue weighted by atomic mass is 10.2. The molecular weight excluding hydrogens is 178 g/mol. The summed E-state index contributed by atoms with van der Waals surface area (Å²) in [6, 6.07) is 3.53. The van der Waals surface area contributed by atoms with E-state index in [9.17, 15) is 4.79 Å². The van der Waals surface area contributed by atoms with Gasteiger partial charge in [0.15, 0.2) is 12.4 Å². The fraction of sp³-hybridized carbons (Fsp3) is 0.400. The molecule has 0 saturated heterocycles. The Morgan fingerprint density at radius 1 is 1.43 bits per heavy atom. The third kappa shape index (κ3) is 3.14. The van der Waals surface area contributed by atoms with E-state index in [1.807, 2.05) is 16.8 Å². The first kappa shape index (κ1) is 10.7. The van der Waals surface area contributed by atoms with Crippen molar-refractivity contribution < 1.29 is 9.36 Å². The fourth-order valence-corrected chi connectivity index (χ4v) is 1.25. The molecule has 76 valence electrons. The van der Waals surface area contributed by atoms with Gasteiger partial charge in [-0.2, -0.15) is 0 Å². The Morgan fingerprint density at radius 3 is 2.86 bits per heavy atom. The molecule has 0 aliphatic heterocycles. The molecule has 1 aromatic heterocycles. The molecule has 0 aromatic carbocycles. The summed E-state index contributed by atoms with van der Waals surface area (Å²) in [5.41, 5.74) is 11.1. The number of primary amides is 1. The van der Waals surface area contributed by atoms with E-state index in [0.717, 1.165) is 19.4 Å². The van der Waals surface area contributed by atoms with Gasteiger partial charge in [0.2, 0.25) is 0 Å². The number of aromatic nitrogens is 1. The minimum absolute atomic E-state index is 0.391. The maximum Gasteiger partial charge on any atom is 0.254 e. The first-order valence-electron chi connectivity index (χ1n) is 4.73. The molecule has 0 unspecified atom stereocenters. The number of hydrogen-bond donors (Lipinski definition) is 2. The largest absolute Gasteiger partial charge is 0.365 e. The lowest BCUT2D eigenvalue weighted by Gasteiger charge is -1.97. The highest BCUT2D eigenvalue weighted by Crippen LogP contribution is 1.93. The average molecular weight is 194 g/mol. The predicted molar refractivity (Wildman–Crippen MR) is 53.4 cm³/mol. The molecule has 0 fully saturated rings. The fourth-order valence-electron chi connectivity index (χ4n) is 1.25. The smallest absolute Gasteiger partial charge is 0.254 e. The van der Waals surface area contributed by atoms with Gasteiger partial charge in [0.05, 0.1) is 0 Å². The molecule has 0 bridgehead atoms. The Bertz CT molecular complexity index is 312. The van der Waals surface area contributed by atoms with Gasteiger partial charge in [-0.25, -0.2) is 4.57 Å². The third-order valence-electron chi connectivity index (χ3n) is 2.01. The van der Waals surface area contributed by atoms with Gasteiger partial charge in [0, 0.05) is 12.5 Å². The number of nitrogens with two attached hydrogens (primary N) is 2. The summed E-state index contributed by atoms with van der Waals surface area (Å²) in [5.74, 6) is -0.391. The molecule has 1 aromatic rings. The van der Waals surface area contributed by atoms with Gasteiger partial charge in [0.1, 0.15) is 12.1 Å². The highest BCUT2D eigenvalue weighted by molar-refractivity contribution is 5.92. The number of carbonyl (C=O) groups is 1. The summed E-state index contributed by atoms with van der Waals surface area (Å²) in [6.45, 7) is 1.58. The van der Waals surface area contributed by atoms with Crippen LogP contribution in [0.15, 0.2) is 24.5 Å². The van der Waals surface area contributed by atoms with E-state index in [0.29, 0.717) is 12.1 Å². The maximum atomic E-state index is 10.9. The molecule has 14 heavy (non-hydrogen) atoms. The van der Waals surface area contributed by atoms with Crippen LogP contribution >= 0.6 is 0 Å². The normalized spacial score (nSPS) is 10.1. The van der Waals surface area contributed by atoms with Crippen molar-refractivity contribution in [3.05, 3.63) is 30.1 Å². The van der Waals surface area contributed by atoms with E-state index < -0.39 is 5.91 Å². The second-order valence-electron chi connectivity index (χ2n) is 3.19. The van der Waals surface area contributed by atoms with E-state index in [2.05, 4.69) is 0 Å². The molecule has 4 N–H and O–H groups in total. The number of pyridine rings is 1. The van der Waals surface area contributed by atoms with E-state index in [1.54, 1.807) is 12.3 Å². The first-order chi connectivity index (χ1) is 6.74. The van der Waals surface area contributed by atoms with Crippen LogP contribution in [0.2, 0.25) is 0 Å². The molecule has 4 heteroatoms. The van der Waals surface area contributed by atoms with Gasteiger partial charge in [-0.1, -0.05) is 0 Å². The van der Waals surface area contributed by atoms with Crippen LogP contribution in [0.5, 0.6) is 0 Å². The number of unbranched alkanes of at least 4 members (excludes halogenated alkanes) is 1. The third-order valence-corrected chi connectivity index (χ3v) is 2.01. The van der Waals surface area contributed by atoms with Crippen molar-refractivity contribution in [2.45, 2.75) is 19.4 Å². The average Bonchev–Trinajstić information content (AvgIpc) is 2.19. The monoisotopic (exact) mass is 194 g/mol. The highest BCUT2D eigenvalue weighted by atomic mass is 16.1. The second kappa shape index (κ2) is 5.34. The molecule has 1 heterocycles. The molecule has 0 spiro atoms. The van der Waals surface area contributed by atoms with Crippen molar-refractivity contribution in [1.29, 1.82) is 0 Å². The Hall–Kier alpha value is -1.42. The number of amides is 1. The zero-order valence-electron chi connectivity index (χ0n) is 8.15. The molecule has 4 nitrogen and oxygen atoms in total. The van der Waals surface area contributed by atoms with Crippen molar-refractivity contribution in [1.82, 2.24) is 0 Å². The standard InChI is InChI=1S/C10H15N3O/c11-5-1-2-6-13-7-3-4-9(8-13)10(12)14/h3-4,7-8H,1-2,5-6,11H2,(H-,12,14)/p+1. The molecule has 0 saturated carbocycles. The quantitative estimate of drug-likeness (QED) is 0.504. The number of nitrogens with zero attached hydrogens (tertiary/aromatic N) is 1. The van der Waals surface area contributed by atoms with Gasteiger partial charge in [-0.15, -0.1) is 0 Å². The lowest BCUT2D eigenvalue weighted by molar-refractivity contribution is -0.697. The predicted octanol–water partition coefficient (Wildman–Crippen LogP) is -0.188. The Balaban J connectivity index is 2.59. The Morgan fingerprint density at radius 2 is 2.21 bits per heavy atom. The summed E-state index contributed by atoms with van der Waals surface area (Å²) >= 11 is 0. The van der Waals surface area contributed by atoms with Crippen molar-refractivity contribution in [2.24, 2.45) is 11.5 Å². The molecule has 1 rings (SSSR count). The minimum atomic E-state index is -0.391. The van der Waals surface area contributed by atoms with Gasteiger partial charge >= 0.3 is 0 Å². The van der Waals surface area contributed by atoms with Crippen LogP contribution in [-0.2, 0) is 6.54 Å². The molecule has 0 radical (unpaired) electrons. The topological polar surface area (TPSA) is 73.0 Å². The minimum Gasteiger partial charge on any atom is -0.365 e. The maximum absolute atomic E-state index is 10.9. The van der Waals surface area contributed by atoms with Crippen molar-refractivity contribution >= 4 is 5.91 Å². The summed E-state index contributed by atoms with van der Waals surface area (Å²) < 4.78 is 1.95. The molecule has 1 amide bonds. The lowest BCUT2D eigenvalue weighted by Crippen LogP contribution is -2.34. The Kier molecular flexibility index (Phi) is 4.07. The van der Waals surface area contributed by atoms with Crippen LogP contribution in [0.25, 0.3) is 0 Å². The summed E-state index contributed by atoms with van der Waals surface area (Å²) in [7, 11) is 0. The van der Waals surface area contributed by atoms with E-state index in [1.165, 1.54) is 0 Å². The van der Waals surface area contributed by atoms with Gasteiger partial charge in [-0.05, 0) is 19.0 Å². The summed E-state index contributed by atoms with van der Waals surface area (Å²) in [4.78, 5) is 10.9. The van der Waals surface area contributed by atoms with Crippen molar-refractivity contribution in [3.63, 3.8) is 0 Å². The summed E-state index contributed by atoms with van der Waals surface area (Å²) in [6.07, 6.45) is 5.69. The number of carbonyl (C=O) groups excluding carboxylic acids is 1. The molecular formula is C10H16N3O+. The Labute approximate surface area is 83.5 Å². The molecule has 0 aliphatic carbocycles. The van der Waals surface area contributed by atoms with Crippen molar-refractivity contribution in [2.75, 3.05) is 6.54 Å². The number of hydrogen-bond acceptors (Lipinski definition) is 2. The van der Waals surface area contributed by atoms with Crippen LogP contribution in [0.4, 0.5) is 0 Å². The van der Waals surface area contributed by atoms with Crippen LogP contribution in [0.1, 0.15) is 23.2 Å². The zero-order chi connectivity index (χ0) is 10.4. The zero-order valence-corrected chi connectivity index (χ0v) is 8.15. The molecule has 0 atom stereocenters. The van der Waals surface area contributed by atoms with Crippen LogP contribution < -0.4 is 16.0 Å². The number of aryl methyl sites for hydroxylation is 1.